The number of nitrogens with zero attached hydrogens (tertiary/aromatic N) is 6. The first-order valence-electron chi connectivity index (χ1n) is 12.6. The Kier molecular flexibility index (Phi) is 7.79. The minimum atomic E-state index is -4.63. The van der Waals surface area contributed by atoms with Gasteiger partial charge in [-0.3, -0.25) is 9.69 Å². The number of aromatic nitrogens is 2. The number of nitriles is 1. The number of fused-ring (bicyclic) bond motifs is 1. The molecular formula is C28H24F4N6O2S. The number of alkyl halides is 3. The molecule has 3 heterocycles. The molecule has 0 atom stereocenters. The number of benzene rings is 2. The zero-order chi connectivity index (χ0) is 29.3. The van der Waals surface area contributed by atoms with Crippen molar-refractivity contribution in [3.05, 3.63) is 69.7 Å². The molecule has 0 radical (unpaired) electrons. The van der Waals surface area contributed by atoms with Crippen LogP contribution in [-0.2, 0) is 11.3 Å². The normalized spacial score (nSPS) is 14.3. The fourth-order valence-corrected chi connectivity index (χ4v) is 5.72. The maximum Gasteiger partial charge on any atom is 0.406 e. The van der Waals surface area contributed by atoms with E-state index >= 15 is 0 Å². The van der Waals surface area contributed by atoms with Gasteiger partial charge < -0.3 is 19.2 Å². The third-order valence-corrected chi connectivity index (χ3v) is 7.99. The molecule has 0 N–H and O–H groups in total. The standard InChI is InChI=1S/C28H24F4N6O2S/c1-35(27-34-25(24(15-33)41-27)18-2-4-19(29)5-3-18)23-16-38(17-28(30,31)32)26(40)21-7-6-20(14-22(21)23)37-10-8-36(9-11-37)12-13-39/h2-7,13-14,16H,8-12,17H2,1H3. The van der Waals surface area contributed by atoms with Gasteiger partial charge in [0, 0.05) is 61.4 Å². The highest BCUT2D eigenvalue weighted by molar-refractivity contribution is 7.16. The van der Waals surface area contributed by atoms with Crippen LogP contribution < -0.4 is 15.4 Å². The van der Waals surface area contributed by atoms with Gasteiger partial charge >= 0.3 is 6.18 Å². The summed E-state index contributed by atoms with van der Waals surface area (Å²) in [5.74, 6) is -0.445. The van der Waals surface area contributed by atoms with Gasteiger partial charge in [0.1, 0.15) is 35.3 Å². The Bertz CT molecular complexity index is 1690. The Morgan fingerprint density at radius 3 is 2.44 bits per heavy atom. The fraction of sp³-hybridized carbons (Fsp3) is 0.286. The van der Waals surface area contributed by atoms with Gasteiger partial charge in [0.25, 0.3) is 5.56 Å². The van der Waals surface area contributed by atoms with Crippen LogP contribution in [0.25, 0.3) is 22.0 Å². The molecule has 212 valence electrons. The molecule has 0 bridgehead atoms. The molecule has 1 aliphatic rings. The predicted molar refractivity (Wildman–Crippen MR) is 149 cm³/mol. The van der Waals surface area contributed by atoms with E-state index in [1.807, 2.05) is 4.90 Å². The molecule has 13 heteroatoms. The molecule has 41 heavy (non-hydrogen) atoms. The minimum absolute atomic E-state index is 0.109. The average molecular weight is 585 g/mol. The SMILES string of the molecule is CN(c1nc(-c2ccc(F)cc2)c(C#N)s1)c1cn(CC(F)(F)F)c(=O)c2ccc(N3CCN(CC=O)CC3)cc12. The number of halogens is 4. The van der Waals surface area contributed by atoms with Gasteiger partial charge in [0.05, 0.1) is 12.2 Å². The Morgan fingerprint density at radius 1 is 1.10 bits per heavy atom. The van der Waals surface area contributed by atoms with E-state index in [0.717, 1.165) is 29.5 Å². The summed E-state index contributed by atoms with van der Waals surface area (Å²) < 4.78 is 54.3. The average Bonchev–Trinajstić information content (AvgIpc) is 3.39. The van der Waals surface area contributed by atoms with Crippen molar-refractivity contribution in [2.75, 3.05) is 49.6 Å². The zero-order valence-corrected chi connectivity index (χ0v) is 22.7. The fourth-order valence-electron chi connectivity index (χ4n) is 4.86. The summed E-state index contributed by atoms with van der Waals surface area (Å²) >= 11 is 1.04. The van der Waals surface area contributed by atoms with Crippen LogP contribution in [-0.4, -0.2) is 66.7 Å². The number of hydrogen-bond donors (Lipinski definition) is 0. The number of carbonyl (C=O) groups excluding carboxylic acids is 1. The van der Waals surface area contributed by atoms with E-state index in [9.17, 15) is 32.4 Å². The van der Waals surface area contributed by atoms with E-state index in [2.05, 4.69) is 16.0 Å². The molecule has 4 aromatic rings. The van der Waals surface area contributed by atoms with Crippen molar-refractivity contribution in [2.45, 2.75) is 12.7 Å². The number of piperazine rings is 1. The topological polar surface area (TPSA) is 85.5 Å². The van der Waals surface area contributed by atoms with Crippen molar-refractivity contribution in [1.29, 1.82) is 5.26 Å². The third kappa shape index (κ3) is 5.94. The molecule has 0 aliphatic carbocycles. The van der Waals surface area contributed by atoms with E-state index < -0.39 is 24.1 Å². The lowest BCUT2D eigenvalue weighted by atomic mass is 10.1. The minimum Gasteiger partial charge on any atom is -0.369 e. The molecule has 2 aromatic carbocycles. The van der Waals surface area contributed by atoms with Crippen molar-refractivity contribution in [3.63, 3.8) is 0 Å². The maximum atomic E-state index is 13.5. The number of hydrogen-bond acceptors (Lipinski definition) is 8. The molecule has 1 fully saturated rings. The number of anilines is 3. The molecule has 2 aromatic heterocycles. The van der Waals surface area contributed by atoms with Crippen LogP contribution in [0.4, 0.5) is 34.1 Å². The highest BCUT2D eigenvalue weighted by Gasteiger charge is 2.30. The summed E-state index contributed by atoms with van der Waals surface area (Å²) in [6.45, 7) is 1.48. The van der Waals surface area contributed by atoms with Gasteiger partial charge in [-0.15, -0.1) is 0 Å². The number of pyridine rings is 1. The molecule has 0 amide bonds. The van der Waals surface area contributed by atoms with Gasteiger partial charge in [-0.05, 0) is 42.5 Å². The van der Waals surface area contributed by atoms with Crippen molar-refractivity contribution in [2.24, 2.45) is 0 Å². The van der Waals surface area contributed by atoms with Crippen LogP contribution >= 0.6 is 11.3 Å². The van der Waals surface area contributed by atoms with Crippen LogP contribution in [0.3, 0.4) is 0 Å². The summed E-state index contributed by atoms with van der Waals surface area (Å²) in [5.41, 5.74) is 1.15. The second-order valence-electron chi connectivity index (χ2n) is 9.60. The summed E-state index contributed by atoms with van der Waals surface area (Å²) in [6, 6.07) is 12.6. The van der Waals surface area contributed by atoms with Crippen molar-refractivity contribution in [1.82, 2.24) is 14.5 Å². The van der Waals surface area contributed by atoms with E-state index in [1.165, 1.54) is 30.3 Å². The van der Waals surface area contributed by atoms with Crippen molar-refractivity contribution >= 4 is 44.9 Å². The molecule has 0 saturated carbocycles. The van der Waals surface area contributed by atoms with Crippen LogP contribution in [0.15, 0.2) is 53.5 Å². The summed E-state index contributed by atoms with van der Waals surface area (Å²) in [4.78, 5) is 34.5. The van der Waals surface area contributed by atoms with Crippen LogP contribution in [0.1, 0.15) is 4.88 Å². The third-order valence-electron chi connectivity index (χ3n) is 6.95. The summed E-state index contributed by atoms with van der Waals surface area (Å²) in [5, 5.41) is 10.6. The molecular weight excluding hydrogens is 560 g/mol. The smallest absolute Gasteiger partial charge is 0.369 e. The molecule has 0 unspecified atom stereocenters. The van der Waals surface area contributed by atoms with Gasteiger partial charge in [0.15, 0.2) is 5.13 Å². The molecule has 1 saturated heterocycles. The molecule has 5 rings (SSSR count). The monoisotopic (exact) mass is 584 g/mol. The maximum absolute atomic E-state index is 13.5. The largest absolute Gasteiger partial charge is 0.406 e. The lowest BCUT2D eigenvalue weighted by molar-refractivity contribution is -0.141. The quantitative estimate of drug-likeness (QED) is 0.228. The second-order valence-corrected chi connectivity index (χ2v) is 10.6. The molecule has 1 aliphatic heterocycles. The first-order valence-corrected chi connectivity index (χ1v) is 13.4. The van der Waals surface area contributed by atoms with E-state index in [-0.39, 0.29) is 10.3 Å². The van der Waals surface area contributed by atoms with Crippen LogP contribution in [0, 0.1) is 17.1 Å². The summed E-state index contributed by atoms with van der Waals surface area (Å²) in [7, 11) is 1.61. The lowest BCUT2D eigenvalue weighted by Gasteiger charge is -2.35. The Labute approximate surface area is 236 Å². The Hall–Kier alpha value is -4.28. The molecule has 8 nitrogen and oxygen atoms in total. The van der Waals surface area contributed by atoms with Gasteiger partial charge in [-0.25, -0.2) is 9.37 Å². The first-order chi connectivity index (χ1) is 19.6. The predicted octanol–water partition coefficient (Wildman–Crippen LogP) is 4.79. The first kappa shape index (κ1) is 28.3. The number of carbonyl (C=O) groups is 1. The van der Waals surface area contributed by atoms with Crippen LogP contribution in [0.5, 0.6) is 0 Å². The van der Waals surface area contributed by atoms with Gasteiger partial charge in [-0.1, -0.05) is 11.3 Å². The number of aldehydes is 1. The van der Waals surface area contributed by atoms with E-state index in [0.29, 0.717) is 64.8 Å². The summed E-state index contributed by atoms with van der Waals surface area (Å²) in [6.07, 6.45) is -2.61. The molecule has 0 spiro atoms. The van der Waals surface area contributed by atoms with Crippen molar-refractivity contribution < 1.29 is 22.4 Å². The van der Waals surface area contributed by atoms with Gasteiger partial charge in [0.2, 0.25) is 0 Å². The van der Waals surface area contributed by atoms with E-state index in [4.69, 9.17) is 0 Å². The van der Waals surface area contributed by atoms with Gasteiger partial charge in [-0.2, -0.15) is 18.4 Å². The highest BCUT2D eigenvalue weighted by Crippen LogP contribution is 2.38. The van der Waals surface area contributed by atoms with Crippen LogP contribution in [0.2, 0.25) is 0 Å². The highest BCUT2D eigenvalue weighted by atomic mass is 32.1. The van der Waals surface area contributed by atoms with E-state index in [1.54, 1.807) is 24.1 Å². The Balaban J connectivity index is 1.61. The lowest BCUT2D eigenvalue weighted by Crippen LogP contribution is -2.46. The van der Waals surface area contributed by atoms with Crippen molar-refractivity contribution in [3.8, 4) is 17.3 Å². The number of thiazole rings is 1. The zero-order valence-electron chi connectivity index (χ0n) is 21.9. The second kappa shape index (κ2) is 11.3. The Morgan fingerprint density at radius 2 is 1.80 bits per heavy atom. The number of rotatable bonds is 7.